The van der Waals surface area contributed by atoms with E-state index in [1.165, 1.54) is 60.7 Å². The van der Waals surface area contributed by atoms with Gasteiger partial charge in [-0.05, 0) is 67.2 Å². The van der Waals surface area contributed by atoms with E-state index in [4.69, 9.17) is 0 Å². The van der Waals surface area contributed by atoms with Crippen LogP contribution in [0.2, 0.25) is 6.04 Å². The summed E-state index contributed by atoms with van der Waals surface area (Å²) in [5.41, 5.74) is 0. The summed E-state index contributed by atoms with van der Waals surface area (Å²) >= 11 is 6.27. The third kappa shape index (κ3) is 3.94. The molecule has 0 aromatic carbocycles. The summed E-state index contributed by atoms with van der Waals surface area (Å²) in [4.78, 5) is 7.85. The average molecular weight is 473 g/mol. The molecule has 3 aromatic heterocycles. The summed E-state index contributed by atoms with van der Waals surface area (Å²) in [6.07, 6.45) is 9.26. The smallest absolute Gasteiger partial charge is 0.149 e. The average Bonchev–Trinajstić information content (AvgIpc) is 3.48. The normalized spacial score (nSPS) is 15.4. The van der Waals surface area contributed by atoms with Crippen LogP contribution < -0.4 is 14.9 Å². The third-order valence-corrected chi connectivity index (χ3v) is 16.6. The Morgan fingerprint density at radius 1 is 0.833 bits per heavy atom. The number of rotatable bonds is 10. The molecule has 1 atom stereocenters. The molecule has 0 nitrogen and oxygen atoms in total. The Morgan fingerprint density at radius 2 is 1.47 bits per heavy atom. The molecule has 1 aliphatic rings. The van der Waals surface area contributed by atoms with Gasteiger partial charge in [-0.3, -0.25) is 0 Å². The van der Waals surface area contributed by atoms with Crippen molar-refractivity contribution < 1.29 is 0 Å². The minimum atomic E-state index is -1.92. The molecule has 4 heterocycles. The van der Waals surface area contributed by atoms with E-state index < -0.39 is 8.07 Å². The number of fused-ring (bicyclic) bond motifs is 3. The lowest BCUT2D eigenvalue weighted by molar-refractivity contribution is 0.488. The minimum Gasteiger partial charge on any atom is -0.149 e. The molecule has 0 saturated heterocycles. The van der Waals surface area contributed by atoms with E-state index in [0.717, 1.165) is 5.92 Å². The molecule has 0 aliphatic carbocycles. The summed E-state index contributed by atoms with van der Waals surface area (Å²) in [6.45, 7) is 11.7. The Kier molecular flexibility index (Phi) is 7.08. The first-order chi connectivity index (χ1) is 14.5. The highest BCUT2D eigenvalue weighted by atomic mass is 32.1. The zero-order valence-electron chi connectivity index (χ0n) is 19.3. The van der Waals surface area contributed by atoms with Crippen molar-refractivity contribution in [3.8, 4) is 9.75 Å². The lowest BCUT2D eigenvalue weighted by Gasteiger charge is -2.31. The lowest BCUT2D eigenvalue weighted by atomic mass is 10.0. The van der Waals surface area contributed by atoms with E-state index in [2.05, 4.69) is 92.9 Å². The largest absolute Gasteiger partial charge is 0.164 e. The van der Waals surface area contributed by atoms with Crippen molar-refractivity contribution in [1.29, 1.82) is 0 Å². The maximum Gasteiger partial charge on any atom is 0.164 e. The van der Waals surface area contributed by atoms with E-state index in [0.29, 0.717) is 0 Å². The zero-order valence-corrected chi connectivity index (χ0v) is 22.7. The first-order valence-electron chi connectivity index (χ1n) is 11.8. The van der Waals surface area contributed by atoms with Gasteiger partial charge < -0.3 is 0 Å². The summed E-state index contributed by atoms with van der Waals surface area (Å²) < 4.78 is 1.74. The molecule has 0 bridgehead atoms. The maximum atomic E-state index is 2.59. The molecule has 1 unspecified atom stereocenters. The molecule has 30 heavy (non-hydrogen) atoms. The Hall–Kier alpha value is -0.683. The Bertz CT molecular complexity index is 944. The van der Waals surface area contributed by atoms with Crippen molar-refractivity contribution in [1.82, 2.24) is 0 Å². The summed E-state index contributed by atoms with van der Waals surface area (Å²) in [7, 11) is -1.92. The molecular formula is C26H36S3Si. The van der Waals surface area contributed by atoms with Gasteiger partial charge >= 0.3 is 0 Å². The Labute approximate surface area is 196 Å². The van der Waals surface area contributed by atoms with E-state index in [1.807, 2.05) is 0 Å². The number of hydrogen-bond donors (Lipinski definition) is 0. The summed E-state index contributed by atoms with van der Waals surface area (Å²) in [6, 6.07) is 11.6. The van der Waals surface area contributed by atoms with Crippen LogP contribution in [0.5, 0.6) is 0 Å². The van der Waals surface area contributed by atoms with Crippen molar-refractivity contribution in [2.24, 2.45) is 5.92 Å². The van der Waals surface area contributed by atoms with Crippen LogP contribution >= 0.6 is 34.0 Å². The molecule has 0 amide bonds. The second-order valence-corrected chi connectivity index (χ2v) is 17.0. The molecule has 0 N–H and O–H groups in total. The Balaban J connectivity index is 1.87. The minimum absolute atomic E-state index is 0.844. The van der Waals surface area contributed by atoms with Gasteiger partial charge in [0.1, 0.15) is 0 Å². The standard InChI is InChI=1S/C26H36S3Si/c1-6-9-11-20(8-3)17-30(24-14-13-21(29-24)12-10-7-2)22-15-18(4)27-25(22)26-23(30)16-19(5)28-26/h13-16,20H,6-12,17H2,1-5H3. The lowest BCUT2D eigenvalue weighted by Crippen LogP contribution is -2.64. The van der Waals surface area contributed by atoms with Gasteiger partial charge in [-0.15, -0.1) is 34.0 Å². The maximum absolute atomic E-state index is 2.59. The van der Waals surface area contributed by atoms with Crippen LogP contribution in [0, 0.1) is 19.8 Å². The van der Waals surface area contributed by atoms with Gasteiger partial charge in [0.25, 0.3) is 0 Å². The van der Waals surface area contributed by atoms with Gasteiger partial charge in [0.05, 0.1) is 0 Å². The van der Waals surface area contributed by atoms with Crippen LogP contribution in [0.25, 0.3) is 9.75 Å². The van der Waals surface area contributed by atoms with E-state index >= 15 is 0 Å². The second-order valence-electron chi connectivity index (χ2n) is 9.10. The number of aryl methyl sites for hydroxylation is 3. The first kappa shape index (κ1) is 22.5. The van der Waals surface area contributed by atoms with Gasteiger partial charge in [0.2, 0.25) is 0 Å². The van der Waals surface area contributed by atoms with Gasteiger partial charge in [0.15, 0.2) is 8.07 Å². The monoisotopic (exact) mass is 472 g/mol. The SMILES string of the molecule is CCCCc1ccc([Si]2(CC(CC)CCCC)c3cc(C)sc3-c3sc(C)cc32)s1. The molecule has 0 saturated carbocycles. The first-order valence-corrected chi connectivity index (χ1v) is 16.5. The Morgan fingerprint density at radius 3 is 2.03 bits per heavy atom. The van der Waals surface area contributed by atoms with E-state index in [1.54, 1.807) is 29.5 Å². The van der Waals surface area contributed by atoms with E-state index in [-0.39, 0.29) is 0 Å². The van der Waals surface area contributed by atoms with Crippen LogP contribution in [0.3, 0.4) is 0 Å². The quantitative estimate of drug-likeness (QED) is 0.268. The highest BCUT2D eigenvalue weighted by molar-refractivity contribution is 7.38. The highest BCUT2D eigenvalue weighted by Crippen LogP contribution is 2.42. The molecule has 0 fully saturated rings. The molecule has 4 rings (SSSR count). The van der Waals surface area contributed by atoms with Crippen LogP contribution in [-0.2, 0) is 6.42 Å². The fraction of sp³-hybridized carbons (Fsp3) is 0.538. The fourth-order valence-electron chi connectivity index (χ4n) is 5.20. The number of unbranched alkanes of at least 4 members (excludes halogenated alkanes) is 2. The van der Waals surface area contributed by atoms with Gasteiger partial charge in [-0.2, -0.15) is 0 Å². The van der Waals surface area contributed by atoms with Gasteiger partial charge in [-0.25, -0.2) is 0 Å². The molecule has 3 aromatic rings. The van der Waals surface area contributed by atoms with Gasteiger partial charge in [-0.1, -0.05) is 58.9 Å². The van der Waals surface area contributed by atoms with Crippen LogP contribution in [-0.4, -0.2) is 8.07 Å². The van der Waals surface area contributed by atoms with Crippen molar-refractivity contribution in [2.75, 3.05) is 0 Å². The van der Waals surface area contributed by atoms with Crippen LogP contribution in [0.15, 0.2) is 24.3 Å². The summed E-state index contributed by atoms with van der Waals surface area (Å²) in [5, 5.41) is 3.51. The summed E-state index contributed by atoms with van der Waals surface area (Å²) in [5.74, 6) is 0.844. The number of hydrogen-bond acceptors (Lipinski definition) is 3. The van der Waals surface area contributed by atoms with E-state index in [9.17, 15) is 0 Å². The van der Waals surface area contributed by atoms with Crippen molar-refractivity contribution in [3.63, 3.8) is 0 Å². The molecule has 0 radical (unpaired) electrons. The predicted molar refractivity (Wildman–Crippen MR) is 143 cm³/mol. The second kappa shape index (κ2) is 9.44. The molecule has 0 spiro atoms. The topological polar surface area (TPSA) is 0 Å². The third-order valence-electron chi connectivity index (χ3n) is 6.83. The molecule has 4 heteroatoms. The van der Waals surface area contributed by atoms with Crippen LogP contribution in [0.4, 0.5) is 0 Å². The molecule has 1 aliphatic heterocycles. The highest BCUT2D eigenvalue weighted by Gasteiger charge is 2.51. The van der Waals surface area contributed by atoms with Crippen LogP contribution in [0.1, 0.15) is 73.9 Å². The molecular weight excluding hydrogens is 437 g/mol. The zero-order chi connectivity index (χ0) is 21.3. The van der Waals surface area contributed by atoms with Crippen molar-refractivity contribution >= 4 is 57.0 Å². The van der Waals surface area contributed by atoms with Crippen molar-refractivity contribution in [3.05, 3.63) is 38.9 Å². The van der Waals surface area contributed by atoms with Gasteiger partial charge in [0, 0.05) is 28.9 Å². The molecule has 162 valence electrons. The van der Waals surface area contributed by atoms with Crippen molar-refractivity contribution in [2.45, 2.75) is 85.6 Å². The number of thiophene rings is 3. The predicted octanol–water partition coefficient (Wildman–Crippen LogP) is 7.50. The fourth-order valence-corrected chi connectivity index (χ4v) is 16.9.